The minimum Gasteiger partial charge on any atom is -0.872 e. The van der Waals surface area contributed by atoms with Gasteiger partial charge in [-0.15, -0.1) is 0 Å². The van der Waals surface area contributed by atoms with Gasteiger partial charge >= 0.3 is 0 Å². The number of likely N-dealkylation sites (tertiary alicyclic amines) is 1. The lowest BCUT2D eigenvalue weighted by atomic mass is 9.95. The summed E-state index contributed by atoms with van der Waals surface area (Å²) in [5.41, 5.74) is 1.06. The molecule has 1 aromatic heterocycles. The van der Waals surface area contributed by atoms with Crippen molar-refractivity contribution in [1.29, 1.82) is 0 Å². The minimum absolute atomic E-state index is 0.0461. The molecule has 1 atom stereocenters. The summed E-state index contributed by atoms with van der Waals surface area (Å²) < 4.78 is 5.61. The van der Waals surface area contributed by atoms with Crippen LogP contribution in [-0.4, -0.2) is 27.6 Å². The molecule has 3 aromatic rings. The van der Waals surface area contributed by atoms with Crippen LogP contribution in [0.5, 0.6) is 5.75 Å². The van der Waals surface area contributed by atoms with Crippen molar-refractivity contribution in [3.05, 3.63) is 105 Å². The summed E-state index contributed by atoms with van der Waals surface area (Å²) in [6, 6.07) is 14.4. The van der Waals surface area contributed by atoms with Crippen LogP contribution in [0.25, 0.3) is 5.76 Å². The summed E-state index contributed by atoms with van der Waals surface area (Å²) in [6.45, 7) is 3.83. The average molecular weight is 473 g/mol. The number of nitro benzene ring substituents is 1. The Morgan fingerprint density at radius 3 is 2.34 bits per heavy atom. The SMILES string of the molecule is CC(C)Oc1ccc(C([O-])=C2C(=O)C(=O)N(Cc3ccc[nH+]c3)C2c2ccc([N+](=O)[O-])cc2)cc1. The van der Waals surface area contributed by atoms with E-state index in [0.29, 0.717) is 11.3 Å². The fraction of sp³-hybridized carbons (Fsp3) is 0.192. The summed E-state index contributed by atoms with van der Waals surface area (Å²) in [7, 11) is 0. The number of hydrogen-bond donors (Lipinski definition) is 0. The Hall–Kier alpha value is -4.53. The molecule has 0 saturated carbocycles. The lowest BCUT2D eigenvalue weighted by molar-refractivity contribution is -0.384. The molecule has 1 amide bonds. The van der Waals surface area contributed by atoms with Crippen LogP contribution in [-0.2, 0) is 16.1 Å². The number of nitrogens with zero attached hydrogens (tertiary/aromatic N) is 2. The topological polar surface area (TPSA) is 127 Å². The van der Waals surface area contributed by atoms with Crippen LogP contribution in [0.1, 0.15) is 36.6 Å². The van der Waals surface area contributed by atoms with Crippen LogP contribution in [0.3, 0.4) is 0 Å². The second-order valence-corrected chi connectivity index (χ2v) is 8.36. The Morgan fingerprint density at radius 1 is 1.09 bits per heavy atom. The number of nitro groups is 1. The number of ether oxygens (including phenoxy) is 1. The van der Waals surface area contributed by atoms with E-state index in [4.69, 9.17) is 4.74 Å². The van der Waals surface area contributed by atoms with Gasteiger partial charge in [-0.05, 0) is 55.3 Å². The third-order valence-electron chi connectivity index (χ3n) is 5.56. The maximum Gasteiger partial charge on any atom is 0.295 e. The van der Waals surface area contributed by atoms with Crippen LogP contribution in [0.15, 0.2) is 78.6 Å². The molecule has 35 heavy (non-hydrogen) atoms. The molecular weight excluding hydrogens is 450 g/mol. The number of aromatic amines is 1. The lowest BCUT2D eigenvalue weighted by Gasteiger charge is -2.27. The number of Topliss-reactive ketones (excluding diaryl/α,β-unsaturated/α-hetero) is 1. The van der Waals surface area contributed by atoms with Crippen LogP contribution >= 0.6 is 0 Å². The molecular formula is C26H23N3O6. The molecule has 1 fully saturated rings. The Kier molecular flexibility index (Phi) is 6.59. The molecule has 9 heteroatoms. The minimum atomic E-state index is -0.991. The number of rotatable bonds is 7. The molecule has 2 aromatic carbocycles. The Morgan fingerprint density at radius 2 is 1.77 bits per heavy atom. The normalized spacial score (nSPS) is 17.1. The summed E-state index contributed by atoms with van der Waals surface area (Å²) in [6.07, 6.45) is 3.36. The molecule has 4 rings (SSSR count). The van der Waals surface area contributed by atoms with Crippen molar-refractivity contribution >= 4 is 23.1 Å². The number of nitrogens with one attached hydrogen (secondary N) is 1. The molecule has 1 aliphatic heterocycles. The van der Waals surface area contributed by atoms with E-state index in [0.717, 1.165) is 5.56 Å². The number of amides is 1. The van der Waals surface area contributed by atoms with E-state index in [1.165, 1.54) is 29.2 Å². The molecule has 178 valence electrons. The molecule has 1 aliphatic rings. The average Bonchev–Trinajstić information content (AvgIpc) is 3.09. The number of aromatic nitrogens is 1. The van der Waals surface area contributed by atoms with Crippen molar-refractivity contribution in [1.82, 2.24) is 4.90 Å². The van der Waals surface area contributed by atoms with Crippen LogP contribution in [0.2, 0.25) is 0 Å². The highest BCUT2D eigenvalue weighted by Crippen LogP contribution is 2.40. The second-order valence-electron chi connectivity index (χ2n) is 8.36. The lowest BCUT2D eigenvalue weighted by Crippen LogP contribution is -2.29. The predicted octanol–water partition coefficient (Wildman–Crippen LogP) is 2.62. The van der Waals surface area contributed by atoms with Gasteiger partial charge in [0.15, 0.2) is 12.4 Å². The van der Waals surface area contributed by atoms with Crippen molar-refractivity contribution in [2.45, 2.75) is 32.5 Å². The van der Waals surface area contributed by atoms with Gasteiger partial charge in [0.1, 0.15) is 5.75 Å². The largest absolute Gasteiger partial charge is 0.872 e. The van der Waals surface area contributed by atoms with E-state index >= 15 is 0 Å². The van der Waals surface area contributed by atoms with Gasteiger partial charge in [0, 0.05) is 29.3 Å². The number of H-pyrrole nitrogens is 1. The van der Waals surface area contributed by atoms with E-state index in [-0.39, 0.29) is 29.5 Å². The van der Waals surface area contributed by atoms with E-state index < -0.39 is 28.4 Å². The van der Waals surface area contributed by atoms with Crippen molar-refractivity contribution in [3.63, 3.8) is 0 Å². The quantitative estimate of drug-likeness (QED) is 0.171. The summed E-state index contributed by atoms with van der Waals surface area (Å²) in [5, 5.41) is 24.6. The van der Waals surface area contributed by atoms with Crippen molar-refractivity contribution in [2.24, 2.45) is 0 Å². The number of carbonyl (C=O) groups excluding carboxylic acids is 2. The predicted molar refractivity (Wildman–Crippen MR) is 124 cm³/mol. The zero-order valence-electron chi connectivity index (χ0n) is 19.1. The molecule has 2 heterocycles. The molecule has 0 radical (unpaired) electrons. The first-order chi connectivity index (χ1) is 16.8. The number of ketones is 1. The summed E-state index contributed by atoms with van der Waals surface area (Å²) in [5.74, 6) is -1.70. The zero-order chi connectivity index (χ0) is 25.1. The first-order valence-corrected chi connectivity index (χ1v) is 11.0. The first kappa shape index (κ1) is 23.6. The molecule has 1 saturated heterocycles. The third kappa shape index (κ3) is 4.89. The Bertz CT molecular complexity index is 1280. The fourth-order valence-electron chi connectivity index (χ4n) is 4.00. The van der Waals surface area contributed by atoms with Gasteiger partial charge in [-0.3, -0.25) is 19.7 Å². The highest BCUT2D eigenvalue weighted by Gasteiger charge is 2.44. The van der Waals surface area contributed by atoms with E-state index in [2.05, 4.69) is 4.98 Å². The van der Waals surface area contributed by atoms with Crippen LogP contribution < -0.4 is 14.8 Å². The first-order valence-electron chi connectivity index (χ1n) is 11.0. The third-order valence-corrected chi connectivity index (χ3v) is 5.56. The van der Waals surface area contributed by atoms with E-state index in [9.17, 15) is 24.8 Å². The number of carbonyl (C=O) groups is 2. The molecule has 9 nitrogen and oxygen atoms in total. The summed E-state index contributed by atoms with van der Waals surface area (Å²) in [4.78, 5) is 41.0. The smallest absolute Gasteiger partial charge is 0.295 e. The number of pyridine rings is 1. The van der Waals surface area contributed by atoms with Crippen molar-refractivity contribution in [2.75, 3.05) is 0 Å². The van der Waals surface area contributed by atoms with Crippen LogP contribution in [0.4, 0.5) is 5.69 Å². The second kappa shape index (κ2) is 9.76. The highest BCUT2D eigenvalue weighted by atomic mass is 16.6. The summed E-state index contributed by atoms with van der Waals surface area (Å²) >= 11 is 0. The van der Waals surface area contributed by atoms with Gasteiger partial charge in [0.2, 0.25) is 5.78 Å². The van der Waals surface area contributed by atoms with E-state index in [1.54, 1.807) is 48.8 Å². The molecule has 0 bridgehead atoms. The monoisotopic (exact) mass is 473 g/mol. The highest BCUT2D eigenvalue weighted by molar-refractivity contribution is 6.46. The molecule has 1 N–H and O–H groups in total. The van der Waals surface area contributed by atoms with Crippen molar-refractivity contribution in [3.8, 4) is 5.75 Å². The Labute approximate surface area is 201 Å². The van der Waals surface area contributed by atoms with E-state index in [1.807, 2.05) is 13.8 Å². The maximum atomic E-state index is 13.5. The van der Waals surface area contributed by atoms with Gasteiger partial charge in [-0.1, -0.05) is 17.9 Å². The fourth-order valence-corrected chi connectivity index (χ4v) is 4.00. The Balaban J connectivity index is 1.80. The number of hydrogen-bond acceptors (Lipinski definition) is 6. The molecule has 1 unspecified atom stereocenters. The van der Waals surface area contributed by atoms with Gasteiger partial charge < -0.3 is 14.7 Å². The number of benzene rings is 2. The van der Waals surface area contributed by atoms with Gasteiger partial charge in [-0.2, -0.15) is 0 Å². The van der Waals surface area contributed by atoms with Gasteiger partial charge in [0.25, 0.3) is 11.6 Å². The maximum absolute atomic E-state index is 13.5. The molecule has 0 spiro atoms. The number of non-ortho nitro benzene ring substituents is 1. The molecule has 0 aliphatic carbocycles. The van der Waals surface area contributed by atoms with Gasteiger partial charge in [0.05, 0.1) is 23.6 Å². The van der Waals surface area contributed by atoms with Crippen molar-refractivity contribution < 1.29 is 29.3 Å². The van der Waals surface area contributed by atoms with Gasteiger partial charge in [-0.25, -0.2) is 4.98 Å². The van der Waals surface area contributed by atoms with Crippen LogP contribution in [0, 0.1) is 10.1 Å². The standard InChI is InChI=1S/C26H23N3O6/c1-16(2)35-21-11-7-19(8-12-21)24(30)22-23(18-5-9-20(10-6-18)29(33)34)28(26(32)25(22)31)15-17-4-3-13-27-14-17/h3-14,16,23,30H,15H2,1-2H3. The zero-order valence-corrected chi connectivity index (χ0v) is 19.1.